The summed E-state index contributed by atoms with van der Waals surface area (Å²) in [5, 5.41) is 3.29. The number of amides is 1. The van der Waals surface area contributed by atoms with Crippen LogP contribution in [0.2, 0.25) is 0 Å². The molecule has 0 saturated carbocycles. The van der Waals surface area contributed by atoms with Gasteiger partial charge in [-0.3, -0.25) is 14.3 Å². The maximum Gasteiger partial charge on any atom is 0.245 e. The van der Waals surface area contributed by atoms with Crippen LogP contribution in [0.15, 0.2) is 30.3 Å². The van der Waals surface area contributed by atoms with Crippen LogP contribution in [0.3, 0.4) is 0 Å². The number of rotatable bonds is 5. The fourth-order valence-electron chi connectivity index (χ4n) is 2.29. The van der Waals surface area contributed by atoms with Gasteiger partial charge >= 0.3 is 0 Å². The predicted molar refractivity (Wildman–Crippen MR) is 77.0 cm³/mol. The molecule has 4 nitrogen and oxygen atoms in total. The second-order valence-corrected chi connectivity index (χ2v) is 6.52. The van der Waals surface area contributed by atoms with Crippen LogP contribution in [-0.2, 0) is 15.6 Å². The summed E-state index contributed by atoms with van der Waals surface area (Å²) in [6.45, 7) is 4.42. The zero-order valence-electron chi connectivity index (χ0n) is 11.3. The largest absolute Gasteiger partial charge is 0.325 e. The summed E-state index contributed by atoms with van der Waals surface area (Å²) < 4.78 is 11.5. The monoisotopic (exact) mass is 280 g/mol. The minimum atomic E-state index is -0.830. The highest BCUT2D eigenvalue weighted by molar-refractivity contribution is 7.84. The number of carbonyl (C=O) groups is 1. The first kappa shape index (κ1) is 14.2. The van der Waals surface area contributed by atoms with Crippen LogP contribution in [0.1, 0.15) is 25.5 Å². The molecule has 1 amide bonds. The number of carbonyl (C=O) groups excluding carboxylic acids is 1. The van der Waals surface area contributed by atoms with Crippen molar-refractivity contribution in [3.63, 3.8) is 0 Å². The molecule has 1 saturated heterocycles. The molecular formula is C14H20N2O2S. The van der Waals surface area contributed by atoms with Crippen molar-refractivity contribution in [1.82, 2.24) is 10.2 Å². The lowest BCUT2D eigenvalue weighted by atomic mass is 10.1. The van der Waals surface area contributed by atoms with Gasteiger partial charge in [0.2, 0.25) is 5.91 Å². The normalized spacial score (nSPS) is 24.7. The van der Waals surface area contributed by atoms with Crippen molar-refractivity contribution in [2.45, 2.75) is 26.1 Å². The van der Waals surface area contributed by atoms with Gasteiger partial charge in [0.25, 0.3) is 0 Å². The van der Waals surface area contributed by atoms with Crippen LogP contribution in [0.5, 0.6) is 0 Å². The topological polar surface area (TPSA) is 49.4 Å². The van der Waals surface area contributed by atoms with Crippen molar-refractivity contribution in [3.05, 3.63) is 35.9 Å². The van der Waals surface area contributed by atoms with E-state index < -0.39 is 10.8 Å². The molecule has 0 spiro atoms. The summed E-state index contributed by atoms with van der Waals surface area (Å²) in [6, 6.07) is 9.44. The molecule has 1 fully saturated rings. The second-order valence-electron chi connectivity index (χ2n) is 4.65. The number of benzene rings is 1. The minimum Gasteiger partial charge on any atom is -0.325 e. The Morgan fingerprint density at radius 3 is 2.63 bits per heavy atom. The molecule has 0 aliphatic carbocycles. The molecule has 1 aliphatic heterocycles. The lowest BCUT2D eigenvalue weighted by Crippen LogP contribution is -2.37. The molecule has 5 heteroatoms. The molecule has 1 aliphatic rings. The highest BCUT2D eigenvalue weighted by Crippen LogP contribution is 2.23. The van der Waals surface area contributed by atoms with Crippen molar-refractivity contribution in [2.75, 3.05) is 18.1 Å². The fraction of sp³-hybridized carbons (Fsp3) is 0.500. The molecule has 0 aromatic heterocycles. The summed E-state index contributed by atoms with van der Waals surface area (Å²) in [5.74, 6) is 1.27. The minimum absolute atomic E-state index is 0.00781. The van der Waals surface area contributed by atoms with Crippen LogP contribution >= 0.6 is 0 Å². The number of nitrogens with zero attached hydrogens (tertiary/aromatic N) is 1. The van der Waals surface area contributed by atoms with E-state index in [-0.39, 0.29) is 18.1 Å². The van der Waals surface area contributed by atoms with Gasteiger partial charge in [-0.05, 0) is 12.5 Å². The quantitative estimate of drug-likeness (QED) is 0.884. The van der Waals surface area contributed by atoms with Crippen molar-refractivity contribution >= 4 is 16.7 Å². The number of hydrogen-bond acceptors (Lipinski definition) is 3. The van der Waals surface area contributed by atoms with E-state index in [0.29, 0.717) is 18.1 Å². The Kier molecular flexibility index (Phi) is 4.71. The van der Waals surface area contributed by atoms with Crippen LogP contribution in [-0.4, -0.2) is 39.2 Å². The van der Waals surface area contributed by atoms with Crippen LogP contribution < -0.4 is 5.32 Å². The van der Waals surface area contributed by atoms with Crippen molar-refractivity contribution < 1.29 is 9.00 Å². The van der Waals surface area contributed by atoms with E-state index in [1.165, 1.54) is 0 Å². The van der Waals surface area contributed by atoms with Gasteiger partial charge < -0.3 is 4.90 Å². The third kappa shape index (κ3) is 3.22. The molecule has 0 bridgehead atoms. The third-order valence-electron chi connectivity index (χ3n) is 3.42. The molecule has 1 aromatic rings. The maximum atomic E-state index is 12.4. The summed E-state index contributed by atoms with van der Waals surface area (Å²) in [4.78, 5) is 14.2. The average Bonchev–Trinajstić information content (AvgIpc) is 2.72. The summed E-state index contributed by atoms with van der Waals surface area (Å²) in [5.41, 5.74) is 0.985. The highest BCUT2D eigenvalue weighted by atomic mass is 32.2. The maximum absolute atomic E-state index is 12.4. The van der Waals surface area contributed by atoms with Crippen molar-refractivity contribution in [2.24, 2.45) is 0 Å². The predicted octanol–water partition coefficient (Wildman–Crippen LogP) is 1.27. The molecule has 2 rings (SSSR count). The van der Waals surface area contributed by atoms with E-state index in [2.05, 4.69) is 5.32 Å². The SMILES string of the molecule is CCS(=O)CCN1C(=O)C(c2ccccc2)NC1C. The van der Waals surface area contributed by atoms with Crippen molar-refractivity contribution in [1.29, 1.82) is 0 Å². The van der Waals surface area contributed by atoms with E-state index in [9.17, 15) is 9.00 Å². The summed E-state index contributed by atoms with van der Waals surface area (Å²) in [6.07, 6.45) is -0.00781. The molecule has 0 radical (unpaired) electrons. The fourth-order valence-corrected chi connectivity index (χ4v) is 2.98. The first-order valence-electron chi connectivity index (χ1n) is 6.60. The van der Waals surface area contributed by atoms with Crippen molar-refractivity contribution in [3.8, 4) is 0 Å². The van der Waals surface area contributed by atoms with Gasteiger partial charge in [-0.15, -0.1) is 0 Å². The molecular weight excluding hydrogens is 260 g/mol. The Morgan fingerprint density at radius 2 is 2.00 bits per heavy atom. The molecule has 19 heavy (non-hydrogen) atoms. The van der Waals surface area contributed by atoms with E-state index in [1.807, 2.05) is 44.2 Å². The molecule has 1 aromatic carbocycles. The first-order valence-corrected chi connectivity index (χ1v) is 8.08. The van der Waals surface area contributed by atoms with Crippen LogP contribution in [0.4, 0.5) is 0 Å². The van der Waals surface area contributed by atoms with Gasteiger partial charge in [-0.25, -0.2) is 0 Å². The van der Waals surface area contributed by atoms with E-state index in [0.717, 1.165) is 5.56 Å². The Hall–Kier alpha value is -1.20. The summed E-state index contributed by atoms with van der Waals surface area (Å²) in [7, 11) is -0.830. The lowest BCUT2D eigenvalue weighted by Gasteiger charge is -2.20. The average molecular weight is 280 g/mol. The molecule has 3 unspecified atom stereocenters. The third-order valence-corrected chi connectivity index (χ3v) is 4.70. The Balaban J connectivity index is 2.04. The number of hydrogen-bond donors (Lipinski definition) is 1. The van der Waals surface area contributed by atoms with Crippen LogP contribution in [0.25, 0.3) is 0 Å². The van der Waals surface area contributed by atoms with Gasteiger partial charge in [0.1, 0.15) is 6.04 Å². The van der Waals surface area contributed by atoms with Gasteiger partial charge in [-0.2, -0.15) is 0 Å². The molecule has 1 heterocycles. The molecule has 3 atom stereocenters. The molecule has 104 valence electrons. The zero-order valence-corrected chi connectivity index (χ0v) is 12.2. The highest BCUT2D eigenvalue weighted by Gasteiger charge is 2.36. The Morgan fingerprint density at radius 1 is 1.32 bits per heavy atom. The standard InChI is InChI=1S/C14H20N2O2S/c1-3-19(18)10-9-16-11(2)15-13(14(16)17)12-7-5-4-6-8-12/h4-8,11,13,15H,3,9-10H2,1-2H3. The lowest BCUT2D eigenvalue weighted by molar-refractivity contribution is -0.129. The van der Waals surface area contributed by atoms with E-state index in [1.54, 1.807) is 4.90 Å². The second kappa shape index (κ2) is 6.30. The van der Waals surface area contributed by atoms with Gasteiger partial charge in [-0.1, -0.05) is 37.3 Å². The first-order chi connectivity index (χ1) is 9.13. The van der Waals surface area contributed by atoms with E-state index in [4.69, 9.17) is 0 Å². The molecule has 1 N–H and O–H groups in total. The Labute approximate surface area is 116 Å². The van der Waals surface area contributed by atoms with Crippen LogP contribution in [0, 0.1) is 0 Å². The zero-order chi connectivity index (χ0) is 13.8. The van der Waals surface area contributed by atoms with Gasteiger partial charge in [0, 0.05) is 28.9 Å². The van der Waals surface area contributed by atoms with Gasteiger partial charge in [0.15, 0.2) is 0 Å². The summed E-state index contributed by atoms with van der Waals surface area (Å²) >= 11 is 0. The number of nitrogens with one attached hydrogen (secondary N) is 1. The van der Waals surface area contributed by atoms with E-state index >= 15 is 0 Å². The smallest absolute Gasteiger partial charge is 0.245 e. The van der Waals surface area contributed by atoms with Gasteiger partial charge in [0.05, 0.1) is 6.17 Å². The Bertz CT molecular complexity index is 464.